The van der Waals surface area contributed by atoms with E-state index in [1.807, 2.05) is 43.0 Å². The molecule has 0 saturated carbocycles. The largest absolute Gasteiger partial charge is 0.390 e. The summed E-state index contributed by atoms with van der Waals surface area (Å²) in [5.41, 5.74) is 3.97. The lowest BCUT2D eigenvalue weighted by Gasteiger charge is -2.42. The second kappa shape index (κ2) is 13.6. The molecule has 5 aromatic rings. The minimum atomic E-state index is -0.901. The summed E-state index contributed by atoms with van der Waals surface area (Å²) in [5, 5.41) is 22.1. The summed E-state index contributed by atoms with van der Waals surface area (Å²) in [7, 11) is 5.64. The van der Waals surface area contributed by atoms with Gasteiger partial charge in [-0.3, -0.25) is 28.7 Å². The summed E-state index contributed by atoms with van der Waals surface area (Å²) in [4.78, 5) is 51.2. The van der Waals surface area contributed by atoms with Gasteiger partial charge in [-0.1, -0.05) is 18.5 Å². The zero-order chi connectivity index (χ0) is 37.1. The van der Waals surface area contributed by atoms with Gasteiger partial charge in [-0.2, -0.15) is 10.1 Å². The minimum Gasteiger partial charge on any atom is -0.390 e. The summed E-state index contributed by atoms with van der Waals surface area (Å²) in [6, 6.07) is 12.1. The Morgan fingerprint density at radius 2 is 1.87 bits per heavy atom. The number of aromatic nitrogens is 6. The average molecular weight is 729 g/mol. The highest BCUT2D eigenvalue weighted by molar-refractivity contribution is 6.33. The van der Waals surface area contributed by atoms with Gasteiger partial charge < -0.3 is 20.2 Å². The van der Waals surface area contributed by atoms with Gasteiger partial charge in [-0.05, 0) is 75.4 Å². The fourth-order valence-corrected chi connectivity index (χ4v) is 7.75. The van der Waals surface area contributed by atoms with Crippen LogP contribution in [0.4, 0.5) is 23.1 Å². The van der Waals surface area contributed by atoms with E-state index in [1.54, 1.807) is 36.2 Å². The first kappa shape index (κ1) is 35.5. The Morgan fingerprint density at radius 1 is 1.08 bits per heavy atom. The number of aliphatic hydroxyl groups is 1. The van der Waals surface area contributed by atoms with Crippen LogP contribution in [0, 0.1) is 5.92 Å². The Morgan fingerprint density at radius 3 is 2.60 bits per heavy atom. The number of hydrogen-bond donors (Lipinski definition) is 3. The van der Waals surface area contributed by atoms with Crippen LogP contribution in [-0.2, 0) is 30.2 Å². The van der Waals surface area contributed by atoms with E-state index in [2.05, 4.69) is 44.5 Å². The number of carbonyl (C=O) groups excluding carboxylic acids is 2. The molecule has 14 nitrogen and oxygen atoms in total. The Bertz CT molecular complexity index is 2250. The van der Waals surface area contributed by atoms with E-state index in [4.69, 9.17) is 21.7 Å². The van der Waals surface area contributed by atoms with Gasteiger partial charge in [0.25, 0.3) is 0 Å². The van der Waals surface area contributed by atoms with Crippen molar-refractivity contribution in [1.82, 2.24) is 34.2 Å². The molecule has 3 aromatic heterocycles. The number of halogens is 1. The SMILES string of the molecule is C[C@@H]1CN(c2ccc3c(C4CCC(=O)NC4=O)nn(C)c3c2)CC[C@@H]1N(C)c1ncc(Cl)c(Nc2ccc3c(c2)n(CCC(C)(C)O)c(=O)n3C)n1. The first-order valence-corrected chi connectivity index (χ1v) is 18.1. The highest BCUT2D eigenvalue weighted by Gasteiger charge is 2.33. The van der Waals surface area contributed by atoms with Gasteiger partial charge in [-0.15, -0.1) is 0 Å². The smallest absolute Gasteiger partial charge is 0.328 e. The molecule has 0 spiro atoms. The fraction of sp³-hybridized carbons (Fsp3) is 0.459. The molecular formula is C37H45ClN10O4. The van der Waals surface area contributed by atoms with Crippen molar-refractivity contribution in [1.29, 1.82) is 0 Å². The van der Waals surface area contributed by atoms with Crippen LogP contribution in [0.15, 0.2) is 47.4 Å². The first-order chi connectivity index (χ1) is 24.7. The number of hydrogen-bond acceptors (Lipinski definition) is 10. The molecule has 2 aromatic carbocycles. The molecule has 0 aliphatic carbocycles. The Labute approximate surface area is 306 Å². The van der Waals surface area contributed by atoms with Crippen molar-refractivity contribution in [3.05, 3.63) is 63.8 Å². The van der Waals surface area contributed by atoms with Crippen molar-refractivity contribution in [2.24, 2.45) is 20.0 Å². The molecule has 3 atom stereocenters. The zero-order valence-corrected chi connectivity index (χ0v) is 31.1. The van der Waals surface area contributed by atoms with E-state index < -0.39 is 11.5 Å². The zero-order valence-electron chi connectivity index (χ0n) is 30.4. The molecule has 2 fully saturated rings. The predicted molar refractivity (Wildman–Crippen MR) is 202 cm³/mol. The van der Waals surface area contributed by atoms with Crippen LogP contribution in [0.3, 0.4) is 0 Å². The maximum atomic E-state index is 13.0. The van der Waals surface area contributed by atoms with Crippen molar-refractivity contribution >= 4 is 68.5 Å². The van der Waals surface area contributed by atoms with Crippen molar-refractivity contribution in [2.75, 3.05) is 35.3 Å². The van der Waals surface area contributed by atoms with Gasteiger partial charge >= 0.3 is 5.69 Å². The predicted octanol–water partition coefficient (Wildman–Crippen LogP) is 4.45. The maximum absolute atomic E-state index is 13.0. The van der Waals surface area contributed by atoms with Crippen molar-refractivity contribution in [2.45, 2.75) is 70.6 Å². The van der Waals surface area contributed by atoms with E-state index in [0.29, 0.717) is 48.3 Å². The van der Waals surface area contributed by atoms with Crippen LogP contribution in [-0.4, -0.2) is 77.6 Å². The van der Waals surface area contributed by atoms with E-state index in [9.17, 15) is 19.5 Å². The molecule has 3 N–H and O–H groups in total. The van der Waals surface area contributed by atoms with E-state index in [1.165, 1.54) is 0 Å². The Kier molecular flexibility index (Phi) is 9.24. The standard InChI is InChI=1S/C37H45ClN10O4/c1-21-20-47(23-8-9-24-29(18-23)46(6)43-32(24)25-10-12-31(49)41-34(25)50)15-13-27(21)44(4)35-39-19-26(38)33(42-35)40-22-7-11-28-30(17-22)48(36(51)45(28)5)16-14-37(2,3)52/h7-9,11,17-19,21,25,27,52H,10,12-16,20H2,1-6H3,(H,39,40,42)(H,41,49,50)/t21-,25?,27+/m1/s1. The topological polar surface area (TPSA) is 155 Å². The molecule has 2 saturated heterocycles. The lowest BCUT2D eigenvalue weighted by Crippen LogP contribution is -2.49. The molecule has 274 valence electrons. The lowest BCUT2D eigenvalue weighted by atomic mass is 9.91. The van der Waals surface area contributed by atoms with E-state index in [0.717, 1.165) is 52.8 Å². The van der Waals surface area contributed by atoms with Crippen molar-refractivity contribution in [3.63, 3.8) is 0 Å². The second-order valence-corrected chi connectivity index (χ2v) is 15.3. The molecule has 5 heterocycles. The summed E-state index contributed by atoms with van der Waals surface area (Å²) >= 11 is 6.60. The third kappa shape index (κ3) is 6.72. The molecule has 7 rings (SSSR count). The Hall–Kier alpha value is -4.95. The third-order valence-electron chi connectivity index (χ3n) is 10.6. The van der Waals surface area contributed by atoms with Gasteiger partial charge in [-0.25, -0.2) is 9.78 Å². The van der Waals surface area contributed by atoms with Crippen LogP contribution in [0.25, 0.3) is 21.9 Å². The van der Waals surface area contributed by atoms with Gasteiger partial charge in [0.1, 0.15) is 5.02 Å². The molecular weight excluding hydrogens is 684 g/mol. The third-order valence-corrected chi connectivity index (χ3v) is 10.8. The van der Waals surface area contributed by atoms with Crippen LogP contribution in [0.2, 0.25) is 5.02 Å². The molecule has 2 amide bonds. The number of anilines is 4. The number of carbonyl (C=O) groups is 2. The number of piperidine rings is 2. The normalized spacial score (nSPS) is 19.8. The number of fused-ring (bicyclic) bond motifs is 2. The molecule has 2 aliphatic rings. The van der Waals surface area contributed by atoms with E-state index >= 15 is 0 Å². The van der Waals surface area contributed by atoms with Gasteiger partial charge in [0, 0.05) is 70.0 Å². The number of aryl methyl sites for hydroxylation is 3. The highest BCUT2D eigenvalue weighted by atomic mass is 35.5. The van der Waals surface area contributed by atoms with E-state index in [-0.39, 0.29) is 29.5 Å². The van der Waals surface area contributed by atoms with Gasteiger partial charge in [0.05, 0.1) is 40.0 Å². The van der Waals surface area contributed by atoms with Crippen LogP contribution < -0.4 is 26.1 Å². The molecule has 0 radical (unpaired) electrons. The van der Waals surface area contributed by atoms with Crippen molar-refractivity contribution < 1.29 is 14.7 Å². The molecule has 52 heavy (non-hydrogen) atoms. The lowest BCUT2D eigenvalue weighted by molar-refractivity contribution is -0.134. The molecule has 2 aliphatic heterocycles. The average Bonchev–Trinajstić information content (AvgIpc) is 3.55. The number of nitrogens with one attached hydrogen (secondary N) is 2. The quantitative estimate of drug-likeness (QED) is 0.186. The summed E-state index contributed by atoms with van der Waals surface area (Å²) in [6.07, 6.45) is 3.69. The van der Waals surface area contributed by atoms with Crippen LogP contribution >= 0.6 is 11.6 Å². The summed E-state index contributed by atoms with van der Waals surface area (Å²) in [5.74, 6) is 0.333. The first-order valence-electron chi connectivity index (χ1n) is 17.7. The number of amides is 2. The highest BCUT2D eigenvalue weighted by Crippen LogP contribution is 2.35. The maximum Gasteiger partial charge on any atom is 0.328 e. The fourth-order valence-electron chi connectivity index (χ4n) is 7.62. The monoisotopic (exact) mass is 728 g/mol. The summed E-state index contributed by atoms with van der Waals surface area (Å²) in [6.45, 7) is 7.73. The van der Waals surface area contributed by atoms with Crippen LogP contribution in [0.1, 0.15) is 58.1 Å². The van der Waals surface area contributed by atoms with Crippen LogP contribution in [0.5, 0.6) is 0 Å². The number of rotatable bonds is 9. The Balaban J connectivity index is 1.06. The molecule has 1 unspecified atom stereocenters. The molecule has 0 bridgehead atoms. The number of imide groups is 1. The minimum absolute atomic E-state index is 0.142. The van der Waals surface area contributed by atoms with Gasteiger partial charge in [0.2, 0.25) is 17.8 Å². The number of imidazole rings is 1. The summed E-state index contributed by atoms with van der Waals surface area (Å²) < 4.78 is 5.11. The van der Waals surface area contributed by atoms with Gasteiger partial charge in [0.15, 0.2) is 5.82 Å². The number of nitrogens with zero attached hydrogens (tertiary/aromatic N) is 8. The second-order valence-electron chi connectivity index (χ2n) is 14.9. The molecule has 15 heteroatoms. The van der Waals surface area contributed by atoms with Crippen molar-refractivity contribution in [3.8, 4) is 0 Å². The number of benzene rings is 2.